The summed E-state index contributed by atoms with van der Waals surface area (Å²) in [5, 5.41) is 0. The maximum atomic E-state index is 11.6. The van der Waals surface area contributed by atoms with E-state index in [-0.39, 0.29) is 0 Å². The molecule has 0 saturated carbocycles. The van der Waals surface area contributed by atoms with Gasteiger partial charge in [0, 0.05) is 0 Å². The van der Waals surface area contributed by atoms with E-state index in [4.69, 9.17) is 4.89 Å². The van der Waals surface area contributed by atoms with E-state index >= 15 is 0 Å². The minimum absolute atomic E-state index is 0.318. The molecule has 0 unspecified atom stereocenters. The van der Waals surface area contributed by atoms with E-state index in [2.05, 4.69) is 38.3 Å². The number of carbonyl (C=O) groups is 5. The Balaban J connectivity index is 0.000000480. The number of carbonyl (C=O) groups excluding carboxylic acids is 5. The smallest absolute Gasteiger partial charge is 0.292 e. The number of unbranched alkanes of at least 4 members (excludes halogenated alkanes) is 16. The van der Waals surface area contributed by atoms with Crippen molar-refractivity contribution in [3.05, 3.63) is 108 Å². The fourth-order valence-corrected chi connectivity index (χ4v) is 5.44. The average Bonchev–Trinajstić information content (AvgIpc) is 3.26. The van der Waals surface area contributed by atoms with Gasteiger partial charge in [-0.1, -0.05) is 171 Å². The molecule has 332 valence electrons. The summed E-state index contributed by atoms with van der Waals surface area (Å²) in [5.41, 5.74) is 0.637. The van der Waals surface area contributed by atoms with E-state index < -0.39 is 35.4 Å². The SMILES string of the molecule is CC(C)(C)OOC(=O)c1ccccc1.CCCCCCCCCCCC(=O)OOC(=O)CCCCCCCCCCC.O=C(OOC(=O)c1ccccc1)c1ccccc1. The van der Waals surface area contributed by atoms with Gasteiger partial charge in [-0.2, -0.15) is 4.89 Å². The van der Waals surface area contributed by atoms with Crippen molar-refractivity contribution in [1.29, 1.82) is 0 Å². The standard InChI is InChI=1S/C24H46O4.C14H10O4.C11H14O3/c1-3-5-7-9-11-13-15-17-19-21-23(25)27-28-24(26)22-20-18-16-14-12-10-8-6-4-2;15-13(11-7-3-1-4-8-11)17-18-14(16)12-9-5-2-6-10-12;1-11(2,3)14-13-10(12)9-7-5-4-6-8-9/h3-22H2,1-2H3;1-10H;4-8H,1-3H3. The summed E-state index contributed by atoms with van der Waals surface area (Å²) in [6, 6.07) is 25.3. The lowest BCUT2D eigenvalue weighted by atomic mass is 10.1. The number of rotatable bonds is 24. The van der Waals surface area contributed by atoms with Crippen LogP contribution in [0, 0.1) is 0 Å². The van der Waals surface area contributed by atoms with Crippen LogP contribution >= 0.6 is 0 Å². The summed E-state index contributed by atoms with van der Waals surface area (Å²) in [6.07, 6.45) is 22.3. The van der Waals surface area contributed by atoms with Gasteiger partial charge in [-0.15, -0.1) is 0 Å². The van der Waals surface area contributed by atoms with Crippen molar-refractivity contribution in [1.82, 2.24) is 0 Å². The molecule has 0 N–H and O–H groups in total. The zero-order chi connectivity index (χ0) is 44.1. The topological polar surface area (TPSA) is 141 Å². The van der Waals surface area contributed by atoms with Crippen LogP contribution in [0.2, 0.25) is 0 Å². The van der Waals surface area contributed by atoms with Crippen LogP contribution in [0.3, 0.4) is 0 Å². The van der Waals surface area contributed by atoms with Crippen LogP contribution in [0.4, 0.5) is 0 Å². The predicted octanol–water partition coefficient (Wildman–Crippen LogP) is 13.0. The van der Waals surface area contributed by atoms with Crippen LogP contribution < -0.4 is 0 Å². The molecular weight excluding hydrogens is 765 g/mol. The lowest BCUT2D eigenvalue weighted by molar-refractivity contribution is -0.301. The van der Waals surface area contributed by atoms with Gasteiger partial charge in [0.1, 0.15) is 5.60 Å². The third-order valence-electron chi connectivity index (χ3n) is 8.79. The summed E-state index contributed by atoms with van der Waals surface area (Å²) in [6.45, 7) is 9.89. The zero-order valence-electron chi connectivity index (χ0n) is 36.8. The van der Waals surface area contributed by atoms with Gasteiger partial charge >= 0.3 is 29.8 Å². The molecule has 0 spiro atoms. The van der Waals surface area contributed by atoms with E-state index in [9.17, 15) is 24.0 Å². The normalized spacial score (nSPS) is 10.5. The van der Waals surface area contributed by atoms with Crippen molar-refractivity contribution in [2.24, 2.45) is 0 Å². The Hall–Kier alpha value is -5.03. The first-order valence-electron chi connectivity index (χ1n) is 21.8. The molecule has 0 aliphatic heterocycles. The summed E-state index contributed by atoms with van der Waals surface area (Å²) >= 11 is 0. The van der Waals surface area contributed by atoms with Gasteiger partial charge in [0.25, 0.3) is 0 Å². The highest BCUT2D eigenvalue weighted by molar-refractivity contribution is 5.92. The predicted molar refractivity (Wildman–Crippen MR) is 232 cm³/mol. The molecule has 3 rings (SSSR count). The van der Waals surface area contributed by atoms with E-state index in [0.717, 1.165) is 38.5 Å². The molecule has 0 amide bonds. The van der Waals surface area contributed by atoms with Crippen molar-refractivity contribution in [2.75, 3.05) is 0 Å². The highest BCUT2D eigenvalue weighted by Crippen LogP contribution is 2.13. The first kappa shape index (κ1) is 53.0. The second-order valence-corrected chi connectivity index (χ2v) is 15.5. The molecule has 0 aliphatic rings. The summed E-state index contributed by atoms with van der Waals surface area (Å²) < 4.78 is 0. The second-order valence-electron chi connectivity index (χ2n) is 15.5. The van der Waals surface area contributed by atoms with E-state index in [1.807, 2.05) is 26.8 Å². The molecule has 0 heterocycles. The Kier molecular flexibility index (Phi) is 30.7. The van der Waals surface area contributed by atoms with Crippen LogP contribution in [0.25, 0.3) is 0 Å². The molecule has 3 aromatic rings. The fraction of sp³-hybridized carbons (Fsp3) is 0.531. The lowest BCUT2D eigenvalue weighted by Crippen LogP contribution is -2.21. The molecule has 0 atom stereocenters. The molecule has 11 nitrogen and oxygen atoms in total. The molecular formula is C49H70O11. The van der Waals surface area contributed by atoms with Crippen molar-refractivity contribution in [2.45, 2.75) is 169 Å². The highest BCUT2D eigenvalue weighted by Gasteiger charge is 2.16. The Morgan fingerprint density at radius 3 is 0.917 bits per heavy atom. The van der Waals surface area contributed by atoms with Gasteiger partial charge in [0.05, 0.1) is 29.5 Å². The summed E-state index contributed by atoms with van der Waals surface area (Å²) in [5.74, 6) is -2.74. The average molecular weight is 835 g/mol. The molecule has 0 aliphatic carbocycles. The van der Waals surface area contributed by atoms with Gasteiger partial charge in [0.2, 0.25) is 0 Å². The first-order chi connectivity index (χ1) is 29.0. The Labute approximate surface area is 358 Å². The second kappa shape index (κ2) is 34.8. The van der Waals surface area contributed by atoms with Crippen molar-refractivity contribution >= 4 is 29.8 Å². The Morgan fingerprint density at radius 2 is 0.633 bits per heavy atom. The minimum Gasteiger partial charge on any atom is -0.292 e. The number of hydrogen-bond donors (Lipinski definition) is 0. The van der Waals surface area contributed by atoms with Gasteiger partial charge < -0.3 is 0 Å². The van der Waals surface area contributed by atoms with Crippen LogP contribution in [-0.2, 0) is 38.9 Å². The van der Waals surface area contributed by atoms with Gasteiger partial charge in [-0.25, -0.2) is 43.5 Å². The number of benzene rings is 3. The van der Waals surface area contributed by atoms with E-state index in [1.165, 1.54) is 77.0 Å². The lowest BCUT2D eigenvalue weighted by Gasteiger charge is -2.16. The molecule has 11 heteroatoms. The fourth-order valence-electron chi connectivity index (χ4n) is 5.44. The zero-order valence-corrected chi connectivity index (χ0v) is 36.8. The minimum atomic E-state index is -0.708. The quantitative estimate of drug-likeness (QED) is 0.0483. The number of hydrogen-bond acceptors (Lipinski definition) is 11. The maximum Gasteiger partial charge on any atom is 0.386 e. The molecule has 0 bridgehead atoms. The molecule has 3 aromatic carbocycles. The van der Waals surface area contributed by atoms with Crippen LogP contribution in [0.15, 0.2) is 91.0 Å². The summed E-state index contributed by atoms with van der Waals surface area (Å²) in [7, 11) is 0. The third-order valence-corrected chi connectivity index (χ3v) is 8.79. The largest absolute Gasteiger partial charge is 0.386 e. The summed E-state index contributed by atoms with van der Waals surface area (Å²) in [4.78, 5) is 85.2. The Bertz CT molecular complexity index is 1470. The Morgan fingerprint density at radius 1 is 0.367 bits per heavy atom. The van der Waals surface area contributed by atoms with Crippen molar-refractivity contribution in [3.8, 4) is 0 Å². The van der Waals surface area contributed by atoms with Crippen molar-refractivity contribution < 1.29 is 53.3 Å². The molecule has 0 aromatic heterocycles. The van der Waals surface area contributed by atoms with Gasteiger partial charge in [-0.3, -0.25) is 4.89 Å². The van der Waals surface area contributed by atoms with Crippen LogP contribution in [0.5, 0.6) is 0 Å². The monoisotopic (exact) mass is 834 g/mol. The first-order valence-corrected chi connectivity index (χ1v) is 21.8. The van der Waals surface area contributed by atoms with Crippen molar-refractivity contribution in [3.63, 3.8) is 0 Å². The van der Waals surface area contributed by atoms with E-state index in [0.29, 0.717) is 29.5 Å². The highest BCUT2D eigenvalue weighted by atomic mass is 17.2. The molecule has 0 fully saturated rings. The molecule has 0 radical (unpaired) electrons. The van der Waals surface area contributed by atoms with Crippen LogP contribution in [-0.4, -0.2) is 35.4 Å². The van der Waals surface area contributed by atoms with Gasteiger partial charge in [-0.05, 0) is 70.0 Å². The molecule has 60 heavy (non-hydrogen) atoms. The van der Waals surface area contributed by atoms with Gasteiger partial charge in [0.15, 0.2) is 0 Å². The van der Waals surface area contributed by atoms with Crippen LogP contribution in [0.1, 0.15) is 194 Å². The maximum absolute atomic E-state index is 11.6. The molecule has 0 saturated heterocycles. The third kappa shape index (κ3) is 30.1. The van der Waals surface area contributed by atoms with E-state index in [1.54, 1.807) is 84.9 Å².